The molecule has 9 rings (SSSR count). The second-order valence-electron chi connectivity index (χ2n) is 19.3. The second-order valence-corrected chi connectivity index (χ2v) is 22.3. The van der Waals surface area contributed by atoms with Gasteiger partial charge in [-0.3, -0.25) is 62.0 Å². The van der Waals surface area contributed by atoms with Gasteiger partial charge in [0.1, 0.15) is 37.1 Å². The minimum absolute atomic E-state index is 0. The van der Waals surface area contributed by atoms with E-state index in [1.54, 1.807) is 44.3 Å². The quantitative estimate of drug-likeness (QED) is 0.0765. The lowest BCUT2D eigenvalue weighted by molar-refractivity contribution is -0.176. The molecule has 3 fully saturated rings. The first-order valence-electron chi connectivity index (χ1n) is 27.0. The number of aromatic nitrogens is 6. The number of nitrogens with zero attached hydrogens (tertiary/aromatic N) is 6. The number of ether oxygens (including phenoxy) is 4. The minimum Gasteiger partial charge on any atom is -0.466 e. The van der Waals surface area contributed by atoms with Crippen molar-refractivity contribution < 1.29 is 134 Å². The SMILES string of the molecule is CCOC(=O)CCN.CCOC(=O)Cn1nc(C(F)(F)F)c2c1CCC2(F)F.CCOC(=O)Cn1nc(C(F)(F)F)c2c1CCC21SCCS1.CCOC(=O)Cn1nc(C(F)(F)F)c2c1CCC2=O.O.O=C1CCC(=O)C1.O=C1CCC(=O)C1C(=O)C(F)(F)F. The van der Waals surface area contributed by atoms with Gasteiger partial charge >= 0.3 is 48.6 Å². The molecule has 1 spiro atoms. The van der Waals surface area contributed by atoms with Gasteiger partial charge in [0, 0.05) is 73.5 Å². The molecule has 0 aromatic carbocycles. The molecule has 504 valence electrons. The number of carbonyl (C=O) groups excluding carboxylic acids is 10. The molecule has 4 heterocycles. The molecule has 3 aromatic rings. The van der Waals surface area contributed by atoms with Crippen LogP contribution in [0.1, 0.15) is 141 Å². The van der Waals surface area contributed by atoms with E-state index in [0.29, 0.717) is 55.6 Å². The number of rotatable bonds is 13. The number of hydrogen-bond donors (Lipinski definition) is 1. The number of Topliss-reactive ketones (excluding diaryl/α,β-unsaturated/α-hetero) is 6. The number of nitrogens with two attached hydrogens (primary N) is 1. The summed E-state index contributed by atoms with van der Waals surface area (Å²) >= 11 is 3.12. The largest absolute Gasteiger partial charge is 0.466 e. The van der Waals surface area contributed by atoms with Gasteiger partial charge in [0.25, 0.3) is 11.7 Å². The van der Waals surface area contributed by atoms with Crippen molar-refractivity contribution in [3.63, 3.8) is 0 Å². The van der Waals surface area contributed by atoms with E-state index in [1.165, 1.54) is 11.6 Å². The second kappa shape index (κ2) is 32.4. The van der Waals surface area contributed by atoms with Crippen LogP contribution in [-0.4, -0.2) is 144 Å². The van der Waals surface area contributed by atoms with Crippen molar-refractivity contribution >= 4 is 82.1 Å². The summed E-state index contributed by atoms with van der Waals surface area (Å²) in [7, 11) is 0. The number of hydrogen-bond acceptors (Lipinski definition) is 20. The Balaban J connectivity index is 0.000000293. The predicted octanol–water partition coefficient (Wildman–Crippen LogP) is 7.19. The third kappa shape index (κ3) is 20.3. The lowest BCUT2D eigenvalue weighted by Crippen LogP contribution is -2.36. The van der Waals surface area contributed by atoms with E-state index in [-0.39, 0.29) is 105 Å². The van der Waals surface area contributed by atoms with Crippen LogP contribution in [0.15, 0.2) is 0 Å². The Hall–Kier alpha value is -6.83. The monoisotopic (exact) mass is 1350 g/mol. The topological polar surface area (TPSA) is 319 Å². The van der Waals surface area contributed by atoms with E-state index < -0.39 is 129 Å². The highest BCUT2D eigenvalue weighted by molar-refractivity contribution is 8.20. The molecule has 0 unspecified atom stereocenters. The van der Waals surface area contributed by atoms with Gasteiger partial charge in [-0.05, 0) is 53.4 Å². The predicted molar refractivity (Wildman–Crippen MR) is 283 cm³/mol. The summed E-state index contributed by atoms with van der Waals surface area (Å²) in [6.45, 7) is 6.46. The average Bonchev–Trinajstić information content (AvgIpc) is 1.59. The van der Waals surface area contributed by atoms with Crippen molar-refractivity contribution in [2.45, 2.75) is 159 Å². The standard InChI is InChI=1S/C13H15F3N2O2S2.C11H11F5N2O2.C11H11F3N2O3.C7H5F3O3.C5H11NO2.C5H6O2.H2O/c1-2-20-9(19)7-18-8-3-4-12(21-5-6-22-12)10(8)11(17-18)13(14,15)16;1-2-20-7(19)5-18-6-3-4-10(12,13)8(6)9(17-18)11(14,15)16;1-2-19-8(18)5-16-6-3-4-7(17)9(6)10(15-16)11(12,13)14;8-7(9,10)6(13)5-3(11)1-2-4(5)12;1-2-8-5(7)3-4-6;6-4-1-2-5(7)3-4;/h2-7H2,1H3;2-5H2,1H3;2-5H2,1H3;5H,1-2H2;2-4,6H2,1H3;1-3H2;1H2. The maximum Gasteiger partial charge on any atom is 0.451 e. The van der Waals surface area contributed by atoms with Crippen LogP contribution in [0.5, 0.6) is 0 Å². The van der Waals surface area contributed by atoms with Crippen molar-refractivity contribution in [1.82, 2.24) is 29.3 Å². The number of esters is 4. The molecule has 6 aliphatic rings. The molecule has 22 nitrogen and oxygen atoms in total. The first-order chi connectivity index (χ1) is 41.3. The third-order valence-electron chi connectivity index (χ3n) is 13.0. The third-order valence-corrected chi connectivity index (χ3v) is 16.5. The summed E-state index contributed by atoms with van der Waals surface area (Å²) in [5, 5.41) is 10.2. The smallest absolute Gasteiger partial charge is 0.451 e. The van der Waals surface area contributed by atoms with Crippen molar-refractivity contribution in [3.8, 4) is 0 Å². The highest BCUT2D eigenvalue weighted by atomic mass is 32.2. The van der Waals surface area contributed by atoms with Crippen molar-refractivity contribution in [3.05, 3.63) is 50.9 Å². The van der Waals surface area contributed by atoms with E-state index in [2.05, 4.69) is 29.5 Å². The van der Waals surface area contributed by atoms with Crippen LogP contribution >= 0.6 is 23.5 Å². The zero-order valence-corrected chi connectivity index (χ0v) is 49.9. The Labute approximate surface area is 510 Å². The van der Waals surface area contributed by atoms with E-state index in [1.807, 2.05) is 0 Å². The van der Waals surface area contributed by atoms with Gasteiger partial charge in [-0.15, -0.1) is 23.5 Å². The molecule has 1 saturated heterocycles. The summed E-state index contributed by atoms with van der Waals surface area (Å²) < 4.78 is 200. The maximum absolute atomic E-state index is 13.6. The van der Waals surface area contributed by atoms with E-state index in [0.717, 1.165) is 16.2 Å². The summed E-state index contributed by atoms with van der Waals surface area (Å²) in [5.41, 5.74) is 0.564. The van der Waals surface area contributed by atoms with Gasteiger partial charge in [-0.2, -0.15) is 68.0 Å². The zero-order valence-electron chi connectivity index (χ0n) is 48.2. The molecule has 0 bridgehead atoms. The van der Waals surface area contributed by atoms with E-state index in [4.69, 9.17) is 10.5 Å². The number of fused-ring (bicyclic) bond motifs is 4. The molecule has 3 aromatic heterocycles. The molecular formula is C52H61F14N7O15S2. The van der Waals surface area contributed by atoms with Crippen LogP contribution in [0.4, 0.5) is 61.5 Å². The van der Waals surface area contributed by atoms with Crippen LogP contribution in [0.25, 0.3) is 0 Å². The first kappa shape index (κ1) is 77.4. The number of thioether (sulfide) groups is 2. The maximum atomic E-state index is 13.6. The first-order valence-corrected chi connectivity index (χ1v) is 29.0. The van der Waals surface area contributed by atoms with E-state index >= 15 is 0 Å². The summed E-state index contributed by atoms with van der Waals surface area (Å²) in [6.07, 6.45) is -18.0. The Bertz CT molecular complexity index is 3070. The molecule has 0 atom stereocenters. The highest BCUT2D eigenvalue weighted by Crippen LogP contribution is 2.61. The summed E-state index contributed by atoms with van der Waals surface area (Å²) in [5.74, 6) is -10.7. The fraction of sp³-hybridized carbons (Fsp3) is 0.635. The summed E-state index contributed by atoms with van der Waals surface area (Å²) in [6, 6.07) is 0. The van der Waals surface area contributed by atoms with Gasteiger partial charge in [-0.25, -0.2) is 8.78 Å². The lowest BCUT2D eigenvalue weighted by atomic mass is 10.0. The van der Waals surface area contributed by atoms with Crippen LogP contribution in [0, 0.1) is 5.92 Å². The van der Waals surface area contributed by atoms with Gasteiger partial charge < -0.3 is 30.2 Å². The van der Waals surface area contributed by atoms with Crippen molar-refractivity contribution in [2.75, 3.05) is 44.5 Å². The fourth-order valence-corrected chi connectivity index (χ4v) is 12.8. The molecule has 0 amide bonds. The number of ketones is 6. The number of halogens is 14. The Kier molecular flexibility index (Phi) is 27.9. The van der Waals surface area contributed by atoms with Crippen molar-refractivity contribution in [2.24, 2.45) is 11.7 Å². The fourth-order valence-electron chi connectivity index (χ4n) is 9.41. The highest BCUT2D eigenvalue weighted by Gasteiger charge is 2.55. The van der Waals surface area contributed by atoms with Gasteiger partial charge in [0.2, 0.25) is 0 Å². The van der Waals surface area contributed by atoms with Gasteiger partial charge in [-0.1, -0.05) is 0 Å². The number of alkyl halides is 14. The van der Waals surface area contributed by atoms with Gasteiger partial charge in [0.05, 0.1) is 60.2 Å². The van der Waals surface area contributed by atoms with Crippen LogP contribution < -0.4 is 5.73 Å². The van der Waals surface area contributed by atoms with Crippen LogP contribution in [-0.2, 0) is 130 Å². The average molecular weight is 1350 g/mol. The Morgan fingerprint density at radius 1 is 0.533 bits per heavy atom. The molecule has 5 aliphatic carbocycles. The van der Waals surface area contributed by atoms with Gasteiger partial charge in [0.15, 0.2) is 34.4 Å². The molecule has 4 N–H and O–H groups in total. The lowest BCUT2D eigenvalue weighted by Gasteiger charge is -2.22. The molecule has 0 radical (unpaired) electrons. The molecule has 2 saturated carbocycles. The normalized spacial score (nSPS) is 16.9. The molecule has 1 aliphatic heterocycles. The van der Waals surface area contributed by atoms with Crippen LogP contribution in [0.2, 0.25) is 0 Å². The number of carbonyl (C=O) groups is 10. The van der Waals surface area contributed by atoms with Crippen molar-refractivity contribution in [1.29, 1.82) is 0 Å². The molecule has 90 heavy (non-hydrogen) atoms. The zero-order chi connectivity index (χ0) is 67.2. The molecule has 38 heteroatoms. The van der Waals surface area contributed by atoms with Crippen LogP contribution in [0.3, 0.4) is 0 Å². The minimum atomic E-state index is -5.10. The Morgan fingerprint density at radius 2 is 0.922 bits per heavy atom. The Morgan fingerprint density at radius 3 is 1.31 bits per heavy atom. The summed E-state index contributed by atoms with van der Waals surface area (Å²) in [4.78, 5) is 108. The van der Waals surface area contributed by atoms with E-state index in [9.17, 15) is 109 Å². The molecular weight excluding hydrogens is 1290 g/mol.